The van der Waals surface area contributed by atoms with Gasteiger partial charge in [-0.15, -0.1) is 11.3 Å². The minimum atomic E-state index is 0.321. The Morgan fingerprint density at radius 2 is 2.19 bits per heavy atom. The van der Waals surface area contributed by atoms with Gasteiger partial charge in [0, 0.05) is 24.2 Å². The second kappa shape index (κ2) is 6.99. The molecule has 0 bridgehead atoms. The lowest BCUT2D eigenvalue weighted by atomic mass is 10.2. The first kappa shape index (κ1) is 13.6. The van der Waals surface area contributed by atoms with Crippen LogP contribution in [0, 0.1) is 12.8 Å². The van der Waals surface area contributed by atoms with Crippen LogP contribution in [0.4, 0.5) is 0 Å². The maximum absolute atomic E-state index is 5.51. The molecule has 4 heteroatoms. The second-order valence-corrected chi connectivity index (χ2v) is 5.36. The lowest BCUT2D eigenvalue weighted by Gasteiger charge is -2.12. The predicted molar refractivity (Wildman–Crippen MR) is 68.9 cm³/mol. The quantitative estimate of drug-likeness (QED) is 0.747. The highest BCUT2D eigenvalue weighted by Crippen LogP contribution is 2.16. The molecular formula is C12H22N2OS. The molecule has 16 heavy (non-hydrogen) atoms. The van der Waals surface area contributed by atoms with Gasteiger partial charge in [-0.1, -0.05) is 13.8 Å². The van der Waals surface area contributed by atoms with Crippen LogP contribution in [-0.4, -0.2) is 24.7 Å². The van der Waals surface area contributed by atoms with Crippen molar-refractivity contribution in [2.24, 2.45) is 5.92 Å². The van der Waals surface area contributed by atoms with Crippen LogP contribution in [0.1, 0.15) is 37.5 Å². The Labute approximate surface area is 102 Å². The summed E-state index contributed by atoms with van der Waals surface area (Å²) in [5.41, 5.74) is 1.10. The Morgan fingerprint density at radius 3 is 2.75 bits per heavy atom. The second-order valence-electron chi connectivity index (χ2n) is 4.47. The summed E-state index contributed by atoms with van der Waals surface area (Å²) in [6.07, 6.45) is 0. The van der Waals surface area contributed by atoms with E-state index in [9.17, 15) is 0 Å². The van der Waals surface area contributed by atoms with Crippen LogP contribution >= 0.6 is 11.3 Å². The fourth-order valence-corrected chi connectivity index (χ4v) is 2.15. The third kappa shape index (κ3) is 5.05. The molecule has 0 aromatic carbocycles. The summed E-state index contributed by atoms with van der Waals surface area (Å²) < 4.78 is 5.51. The van der Waals surface area contributed by atoms with Crippen LogP contribution in [0.3, 0.4) is 0 Å². The van der Waals surface area contributed by atoms with Gasteiger partial charge in [-0.2, -0.15) is 0 Å². The lowest BCUT2D eigenvalue weighted by Crippen LogP contribution is -2.23. The highest BCUT2D eigenvalue weighted by molar-refractivity contribution is 7.09. The zero-order valence-corrected chi connectivity index (χ0v) is 11.4. The van der Waals surface area contributed by atoms with E-state index in [1.165, 1.54) is 0 Å². The largest absolute Gasteiger partial charge is 0.380 e. The van der Waals surface area contributed by atoms with Crippen molar-refractivity contribution in [2.45, 2.75) is 33.7 Å². The summed E-state index contributed by atoms with van der Waals surface area (Å²) in [5, 5.41) is 6.65. The molecule has 0 saturated carbocycles. The average Bonchev–Trinajstić information content (AvgIpc) is 2.63. The SMILES string of the molecule is Cc1csc([C@@H](C)NCCOCC(C)C)n1. The van der Waals surface area contributed by atoms with Crippen LogP contribution in [0.25, 0.3) is 0 Å². The molecule has 0 aliphatic heterocycles. The molecule has 1 aromatic heterocycles. The number of ether oxygens (including phenoxy) is 1. The fourth-order valence-electron chi connectivity index (χ4n) is 1.33. The van der Waals surface area contributed by atoms with Crippen LogP contribution < -0.4 is 5.32 Å². The molecule has 0 amide bonds. The smallest absolute Gasteiger partial charge is 0.110 e. The van der Waals surface area contributed by atoms with Gasteiger partial charge in [0.1, 0.15) is 5.01 Å². The summed E-state index contributed by atoms with van der Waals surface area (Å²) in [6, 6.07) is 0.321. The molecule has 0 radical (unpaired) electrons. The van der Waals surface area contributed by atoms with Gasteiger partial charge in [0.25, 0.3) is 0 Å². The van der Waals surface area contributed by atoms with Crippen molar-refractivity contribution in [1.82, 2.24) is 10.3 Å². The van der Waals surface area contributed by atoms with E-state index in [0.29, 0.717) is 12.0 Å². The Hall–Kier alpha value is -0.450. The van der Waals surface area contributed by atoms with Gasteiger partial charge < -0.3 is 10.1 Å². The van der Waals surface area contributed by atoms with Gasteiger partial charge in [0.05, 0.1) is 12.6 Å². The predicted octanol–water partition coefficient (Wildman–Crippen LogP) is 2.77. The zero-order valence-electron chi connectivity index (χ0n) is 10.6. The lowest BCUT2D eigenvalue weighted by molar-refractivity contribution is 0.110. The Balaban J connectivity index is 2.13. The minimum Gasteiger partial charge on any atom is -0.380 e. The molecule has 3 nitrogen and oxygen atoms in total. The molecule has 0 saturated heterocycles. The van der Waals surface area contributed by atoms with Crippen LogP contribution in [0.5, 0.6) is 0 Å². The van der Waals surface area contributed by atoms with Crippen molar-refractivity contribution < 1.29 is 4.74 Å². The van der Waals surface area contributed by atoms with E-state index in [-0.39, 0.29) is 0 Å². The van der Waals surface area contributed by atoms with Gasteiger partial charge >= 0.3 is 0 Å². The molecule has 1 N–H and O–H groups in total. The first-order valence-electron chi connectivity index (χ1n) is 5.82. The molecule has 1 aromatic rings. The Morgan fingerprint density at radius 1 is 1.44 bits per heavy atom. The van der Waals surface area contributed by atoms with Crippen molar-refractivity contribution in [1.29, 1.82) is 0 Å². The molecule has 0 aliphatic carbocycles. The number of aromatic nitrogens is 1. The van der Waals surface area contributed by atoms with E-state index < -0.39 is 0 Å². The van der Waals surface area contributed by atoms with Crippen molar-refractivity contribution in [3.8, 4) is 0 Å². The van der Waals surface area contributed by atoms with Crippen LogP contribution in [-0.2, 0) is 4.74 Å². The standard InChI is InChI=1S/C12H22N2OS/c1-9(2)7-15-6-5-13-11(4)12-14-10(3)8-16-12/h8-9,11,13H,5-7H2,1-4H3/t11-/m1/s1. The molecule has 0 fully saturated rings. The molecule has 1 rings (SSSR count). The van der Waals surface area contributed by atoms with Crippen LogP contribution in [0.15, 0.2) is 5.38 Å². The molecule has 0 spiro atoms. The minimum absolute atomic E-state index is 0.321. The zero-order chi connectivity index (χ0) is 12.0. The molecule has 1 atom stereocenters. The van der Waals surface area contributed by atoms with Crippen molar-refractivity contribution >= 4 is 11.3 Å². The molecular weight excluding hydrogens is 220 g/mol. The maximum atomic E-state index is 5.51. The van der Waals surface area contributed by atoms with E-state index >= 15 is 0 Å². The highest BCUT2D eigenvalue weighted by atomic mass is 32.1. The normalized spacial score (nSPS) is 13.3. The van der Waals surface area contributed by atoms with Crippen molar-refractivity contribution in [2.75, 3.05) is 19.8 Å². The molecule has 0 unspecified atom stereocenters. The number of hydrogen-bond donors (Lipinski definition) is 1. The number of thiazole rings is 1. The number of hydrogen-bond acceptors (Lipinski definition) is 4. The third-order valence-electron chi connectivity index (χ3n) is 2.16. The molecule has 92 valence electrons. The van der Waals surface area contributed by atoms with Gasteiger partial charge in [0.2, 0.25) is 0 Å². The van der Waals surface area contributed by atoms with Crippen LogP contribution in [0.2, 0.25) is 0 Å². The van der Waals surface area contributed by atoms with E-state index in [1.807, 2.05) is 6.92 Å². The van der Waals surface area contributed by atoms with Crippen molar-refractivity contribution in [3.05, 3.63) is 16.1 Å². The average molecular weight is 242 g/mol. The number of aryl methyl sites for hydroxylation is 1. The first-order valence-corrected chi connectivity index (χ1v) is 6.70. The molecule has 0 aliphatic rings. The number of rotatable bonds is 7. The van der Waals surface area contributed by atoms with Gasteiger partial charge in [-0.25, -0.2) is 4.98 Å². The van der Waals surface area contributed by atoms with Crippen molar-refractivity contribution in [3.63, 3.8) is 0 Å². The van der Waals surface area contributed by atoms with Gasteiger partial charge in [-0.05, 0) is 19.8 Å². The summed E-state index contributed by atoms with van der Waals surface area (Å²) in [6.45, 7) is 11.0. The van der Waals surface area contributed by atoms with E-state index in [0.717, 1.165) is 30.5 Å². The summed E-state index contributed by atoms with van der Waals surface area (Å²) in [4.78, 5) is 4.45. The maximum Gasteiger partial charge on any atom is 0.110 e. The van der Waals surface area contributed by atoms with E-state index in [2.05, 4.69) is 36.5 Å². The first-order chi connectivity index (χ1) is 7.59. The third-order valence-corrected chi connectivity index (χ3v) is 3.30. The van der Waals surface area contributed by atoms with E-state index in [4.69, 9.17) is 4.74 Å². The Kier molecular flexibility index (Phi) is 5.95. The summed E-state index contributed by atoms with van der Waals surface area (Å²) in [5.74, 6) is 0.610. The number of nitrogens with zero attached hydrogens (tertiary/aromatic N) is 1. The number of nitrogens with one attached hydrogen (secondary N) is 1. The topological polar surface area (TPSA) is 34.1 Å². The highest BCUT2D eigenvalue weighted by Gasteiger charge is 2.07. The van der Waals surface area contributed by atoms with Gasteiger partial charge in [-0.3, -0.25) is 0 Å². The van der Waals surface area contributed by atoms with Gasteiger partial charge in [0.15, 0.2) is 0 Å². The molecule has 1 heterocycles. The summed E-state index contributed by atoms with van der Waals surface area (Å²) >= 11 is 1.71. The monoisotopic (exact) mass is 242 g/mol. The van der Waals surface area contributed by atoms with E-state index in [1.54, 1.807) is 11.3 Å². The summed E-state index contributed by atoms with van der Waals surface area (Å²) in [7, 11) is 0. The fraction of sp³-hybridized carbons (Fsp3) is 0.750. The Bertz CT molecular complexity index is 299.